The Kier molecular flexibility index (Phi) is 4.51. The molecular weight excluding hydrogens is 330 g/mol. The summed E-state index contributed by atoms with van der Waals surface area (Å²) >= 11 is 0. The number of anilines is 1. The Hall–Kier alpha value is -2.96. The van der Waals surface area contributed by atoms with Gasteiger partial charge in [0, 0.05) is 24.8 Å². The summed E-state index contributed by atoms with van der Waals surface area (Å²) in [5.41, 5.74) is 2.04. The molecule has 0 spiro atoms. The lowest BCUT2D eigenvalue weighted by atomic mass is 10.2. The van der Waals surface area contributed by atoms with Crippen LogP contribution in [0.2, 0.25) is 0 Å². The van der Waals surface area contributed by atoms with Crippen molar-refractivity contribution in [2.45, 2.75) is 44.9 Å². The first kappa shape index (κ1) is 16.5. The lowest BCUT2D eigenvalue weighted by molar-refractivity contribution is -0.116. The van der Waals surface area contributed by atoms with Gasteiger partial charge in [0.25, 0.3) is 0 Å². The van der Waals surface area contributed by atoms with Gasteiger partial charge in [0.1, 0.15) is 5.82 Å². The van der Waals surface area contributed by atoms with E-state index in [1.165, 1.54) is 0 Å². The molecule has 0 radical (unpaired) electrons. The molecule has 1 aromatic carbocycles. The quantitative estimate of drug-likeness (QED) is 0.705. The number of carbonyl (C=O) groups is 1. The van der Waals surface area contributed by atoms with Crippen LogP contribution in [0.3, 0.4) is 0 Å². The van der Waals surface area contributed by atoms with Crippen LogP contribution in [0.15, 0.2) is 41.1 Å². The summed E-state index contributed by atoms with van der Waals surface area (Å²) < 4.78 is 6.98. The zero-order chi connectivity index (χ0) is 17.9. The van der Waals surface area contributed by atoms with Crippen molar-refractivity contribution in [3.63, 3.8) is 0 Å². The number of nitrogens with one attached hydrogen (secondary N) is 1. The van der Waals surface area contributed by atoms with Crippen molar-refractivity contribution in [1.29, 1.82) is 0 Å². The van der Waals surface area contributed by atoms with Crippen LogP contribution in [0.1, 0.15) is 48.9 Å². The van der Waals surface area contributed by atoms with E-state index in [-0.39, 0.29) is 5.91 Å². The number of aromatic nitrogens is 4. The van der Waals surface area contributed by atoms with Crippen LogP contribution in [-0.4, -0.2) is 25.8 Å². The maximum atomic E-state index is 12.3. The average molecular weight is 351 g/mol. The number of carbonyl (C=O) groups excluding carboxylic acids is 1. The summed E-state index contributed by atoms with van der Waals surface area (Å²) in [6, 6.07) is 9.72. The molecule has 0 atom stereocenters. The van der Waals surface area contributed by atoms with E-state index in [1.54, 1.807) is 16.9 Å². The number of hydrogen-bond donors (Lipinski definition) is 1. The van der Waals surface area contributed by atoms with Gasteiger partial charge in [0.05, 0.1) is 11.9 Å². The zero-order valence-electron chi connectivity index (χ0n) is 14.7. The van der Waals surface area contributed by atoms with Crippen LogP contribution in [0, 0.1) is 6.92 Å². The molecule has 1 fully saturated rings. The molecule has 7 nitrogen and oxygen atoms in total. The third-order valence-corrected chi connectivity index (χ3v) is 4.47. The molecule has 1 aliphatic carbocycles. The summed E-state index contributed by atoms with van der Waals surface area (Å²) in [5.74, 6) is 2.52. The standard InChI is InChI=1S/C19H21N5O2/c1-13-5-2-3-6-15(13)24-16(11-12-20-24)21-17(25)7-4-8-18-22-19(23-26-18)14-9-10-14/h2-3,5-6,11-12,14H,4,7-10H2,1H3,(H,21,25). The minimum atomic E-state index is -0.0535. The zero-order valence-corrected chi connectivity index (χ0v) is 14.7. The lowest BCUT2D eigenvalue weighted by Crippen LogP contribution is -2.15. The Morgan fingerprint density at radius 1 is 1.31 bits per heavy atom. The topological polar surface area (TPSA) is 85.8 Å². The molecule has 1 saturated carbocycles. The number of aryl methyl sites for hydroxylation is 2. The van der Waals surface area contributed by atoms with E-state index in [0.29, 0.717) is 36.9 Å². The summed E-state index contributed by atoms with van der Waals surface area (Å²) in [6.07, 6.45) is 5.65. The maximum absolute atomic E-state index is 12.3. The highest BCUT2D eigenvalue weighted by Crippen LogP contribution is 2.38. The molecule has 3 aromatic rings. The van der Waals surface area contributed by atoms with Crippen LogP contribution < -0.4 is 5.32 Å². The van der Waals surface area contributed by atoms with Crippen LogP contribution in [0.4, 0.5) is 5.82 Å². The second-order valence-electron chi connectivity index (χ2n) is 6.64. The van der Waals surface area contributed by atoms with Gasteiger partial charge in [-0.25, -0.2) is 4.68 Å². The molecule has 1 aliphatic rings. The Morgan fingerprint density at radius 2 is 2.15 bits per heavy atom. The maximum Gasteiger partial charge on any atom is 0.226 e. The summed E-state index contributed by atoms with van der Waals surface area (Å²) in [4.78, 5) is 16.7. The van der Waals surface area contributed by atoms with Gasteiger partial charge in [-0.2, -0.15) is 10.1 Å². The van der Waals surface area contributed by atoms with Gasteiger partial charge in [-0.15, -0.1) is 0 Å². The molecule has 134 valence electrons. The number of hydrogen-bond acceptors (Lipinski definition) is 5. The Morgan fingerprint density at radius 3 is 2.96 bits per heavy atom. The molecule has 7 heteroatoms. The van der Waals surface area contributed by atoms with E-state index in [1.807, 2.05) is 31.2 Å². The van der Waals surface area contributed by atoms with Crippen molar-refractivity contribution >= 4 is 11.7 Å². The molecule has 1 N–H and O–H groups in total. The molecule has 2 aromatic heterocycles. The first-order valence-corrected chi connectivity index (χ1v) is 8.93. The van der Waals surface area contributed by atoms with Crippen LogP contribution in [-0.2, 0) is 11.2 Å². The highest BCUT2D eigenvalue weighted by atomic mass is 16.5. The highest BCUT2D eigenvalue weighted by Gasteiger charge is 2.28. The lowest BCUT2D eigenvalue weighted by Gasteiger charge is -2.11. The van der Waals surface area contributed by atoms with Gasteiger partial charge in [-0.1, -0.05) is 23.4 Å². The van der Waals surface area contributed by atoms with Crippen LogP contribution in [0.25, 0.3) is 5.69 Å². The van der Waals surface area contributed by atoms with Gasteiger partial charge < -0.3 is 9.84 Å². The number of rotatable bonds is 7. The predicted molar refractivity (Wildman–Crippen MR) is 96.1 cm³/mol. The first-order chi connectivity index (χ1) is 12.7. The van der Waals surface area contributed by atoms with E-state index in [9.17, 15) is 4.79 Å². The first-order valence-electron chi connectivity index (χ1n) is 8.93. The van der Waals surface area contributed by atoms with Crippen molar-refractivity contribution in [2.75, 3.05) is 5.32 Å². The summed E-state index contributed by atoms with van der Waals surface area (Å²) in [6.45, 7) is 2.02. The van der Waals surface area contributed by atoms with Crippen molar-refractivity contribution in [3.8, 4) is 5.69 Å². The fraction of sp³-hybridized carbons (Fsp3) is 0.368. The third kappa shape index (κ3) is 3.66. The second kappa shape index (κ2) is 7.11. The normalized spacial score (nSPS) is 13.7. The van der Waals surface area contributed by atoms with Gasteiger partial charge in [-0.3, -0.25) is 4.79 Å². The fourth-order valence-electron chi connectivity index (χ4n) is 2.87. The van der Waals surface area contributed by atoms with E-state index in [0.717, 1.165) is 29.9 Å². The van der Waals surface area contributed by atoms with Crippen molar-refractivity contribution < 1.29 is 9.32 Å². The van der Waals surface area contributed by atoms with Crippen LogP contribution >= 0.6 is 0 Å². The molecule has 1 amide bonds. The molecule has 0 unspecified atom stereocenters. The SMILES string of the molecule is Cc1ccccc1-n1nccc1NC(=O)CCCc1nc(C2CC2)no1. The second-order valence-corrected chi connectivity index (χ2v) is 6.64. The largest absolute Gasteiger partial charge is 0.339 e. The van der Waals surface area contributed by atoms with Crippen LogP contribution in [0.5, 0.6) is 0 Å². The van der Waals surface area contributed by atoms with Gasteiger partial charge in [0.2, 0.25) is 11.8 Å². The number of nitrogens with zero attached hydrogens (tertiary/aromatic N) is 4. The number of para-hydroxylation sites is 1. The average Bonchev–Trinajstić information content (AvgIpc) is 3.21. The Labute approximate surface area is 151 Å². The van der Waals surface area contributed by atoms with E-state index in [2.05, 4.69) is 20.6 Å². The summed E-state index contributed by atoms with van der Waals surface area (Å²) in [5, 5.41) is 11.2. The van der Waals surface area contributed by atoms with Crippen molar-refractivity contribution in [3.05, 3.63) is 53.8 Å². The molecule has 4 rings (SSSR count). The monoisotopic (exact) mass is 351 g/mol. The fourth-order valence-corrected chi connectivity index (χ4v) is 2.87. The molecule has 26 heavy (non-hydrogen) atoms. The van der Waals surface area contributed by atoms with E-state index in [4.69, 9.17) is 4.52 Å². The van der Waals surface area contributed by atoms with Gasteiger partial charge in [-0.05, 0) is 37.8 Å². The third-order valence-electron chi connectivity index (χ3n) is 4.47. The van der Waals surface area contributed by atoms with Gasteiger partial charge in [0.15, 0.2) is 5.82 Å². The highest BCUT2D eigenvalue weighted by molar-refractivity contribution is 5.90. The van der Waals surface area contributed by atoms with E-state index >= 15 is 0 Å². The number of benzene rings is 1. The molecule has 0 bridgehead atoms. The van der Waals surface area contributed by atoms with Gasteiger partial charge >= 0.3 is 0 Å². The van der Waals surface area contributed by atoms with E-state index < -0.39 is 0 Å². The molecule has 0 aliphatic heterocycles. The number of amides is 1. The molecule has 0 saturated heterocycles. The minimum absolute atomic E-state index is 0.0535. The smallest absolute Gasteiger partial charge is 0.226 e. The summed E-state index contributed by atoms with van der Waals surface area (Å²) in [7, 11) is 0. The van der Waals surface area contributed by atoms with Crippen molar-refractivity contribution in [2.24, 2.45) is 0 Å². The van der Waals surface area contributed by atoms with Crippen molar-refractivity contribution in [1.82, 2.24) is 19.9 Å². The predicted octanol–water partition coefficient (Wildman–Crippen LogP) is 3.40. The minimum Gasteiger partial charge on any atom is -0.339 e. The Bertz CT molecular complexity index is 910. The molecule has 2 heterocycles. The Balaban J connectivity index is 1.32. The molecular formula is C19H21N5O2.